The molecule has 0 atom stereocenters. The third-order valence-electron chi connectivity index (χ3n) is 4.63. The molecule has 0 unspecified atom stereocenters. The van der Waals surface area contributed by atoms with Gasteiger partial charge in [-0.1, -0.05) is 42.5 Å². The van der Waals surface area contributed by atoms with E-state index in [1.807, 2.05) is 30.3 Å². The second kappa shape index (κ2) is 10.8. The minimum absolute atomic E-state index is 0.00629. The summed E-state index contributed by atoms with van der Waals surface area (Å²) in [7, 11) is 0. The van der Waals surface area contributed by atoms with Gasteiger partial charge in [-0.05, 0) is 55.3 Å². The molecule has 3 aromatic carbocycles. The Morgan fingerprint density at radius 2 is 1.69 bits per heavy atom. The monoisotopic (exact) mass is 431 g/mol. The molecule has 3 aromatic rings. The number of hydrogen-bond donors (Lipinski definition) is 3. The Morgan fingerprint density at radius 3 is 2.41 bits per heavy atom. The lowest BCUT2D eigenvalue weighted by molar-refractivity contribution is -0.115. The summed E-state index contributed by atoms with van der Waals surface area (Å²) in [5.74, 6) is -0.201. The molecule has 7 heteroatoms. The first kappa shape index (κ1) is 22.6. The fourth-order valence-corrected chi connectivity index (χ4v) is 2.90. The van der Waals surface area contributed by atoms with Crippen molar-refractivity contribution in [2.24, 2.45) is 5.10 Å². The van der Waals surface area contributed by atoms with Crippen LogP contribution in [0, 0.1) is 6.92 Å². The van der Waals surface area contributed by atoms with Crippen LogP contribution < -0.4 is 15.5 Å². The number of benzene rings is 3. The lowest BCUT2D eigenvalue weighted by Crippen LogP contribution is -2.21. The van der Waals surface area contributed by atoms with Crippen LogP contribution >= 0.6 is 0 Å². The number of carbonyl (C=O) groups excluding carboxylic acids is 2. The van der Waals surface area contributed by atoms with Crippen LogP contribution in [-0.4, -0.2) is 22.6 Å². The second-order valence-electron chi connectivity index (χ2n) is 7.28. The van der Waals surface area contributed by atoms with Crippen molar-refractivity contribution < 1.29 is 19.4 Å². The maximum atomic E-state index is 12.3. The molecular formula is C25H25N3O4. The van der Waals surface area contributed by atoms with E-state index in [2.05, 4.69) is 15.8 Å². The average molecular weight is 431 g/mol. The van der Waals surface area contributed by atoms with Gasteiger partial charge in [-0.25, -0.2) is 5.43 Å². The van der Waals surface area contributed by atoms with Crippen LogP contribution in [0.2, 0.25) is 0 Å². The van der Waals surface area contributed by atoms with Gasteiger partial charge in [0.25, 0.3) is 5.91 Å². The standard InChI is InChI=1S/C25H25N3O4/c1-17-7-6-10-22(24(17)30)25(31)28-27-18(2)15-23(29)26-20-11-13-21(14-12-20)32-16-19-8-4-3-5-9-19/h3-14,30H,15-16H2,1-2H3,(H,26,29)(H,28,31)/b27-18-. The van der Waals surface area contributed by atoms with Gasteiger partial charge in [-0.2, -0.15) is 5.10 Å². The van der Waals surface area contributed by atoms with Gasteiger partial charge in [0.2, 0.25) is 5.91 Å². The van der Waals surface area contributed by atoms with E-state index in [1.165, 1.54) is 6.07 Å². The van der Waals surface area contributed by atoms with Crippen molar-refractivity contribution in [2.75, 3.05) is 5.32 Å². The Balaban J connectivity index is 1.48. The summed E-state index contributed by atoms with van der Waals surface area (Å²) >= 11 is 0. The van der Waals surface area contributed by atoms with Crippen molar-refractivity contribution in [1.29, 1.82) is 0 Å². The minimum Gasteiger partial charge on any atom is -0.507 e. The number of aryl methyl sites for hydroxylation is 1. The van der Waals surface area contributed by atoms with Gasteiger partial charge >= 0.3 is 0 Å². The number of nitrogens with one attached hydrogen (secondary N) is 2. The number of phenols is 1. The molecule has 0 spiro atoms. The zero-order valence-electron chi connectivity index (χ0n) is 18.0. The number of phenolic OH excluding ortho intramolecular Hbond substituents is 1. The lowest BCUT2D eigenvalue weighted by Gasteiger charge is -2.09. The maximum Gasteiger partial charge on any atom is 0.275 e. The highest BCUT2D eigenvalue weighted by molar-refractivity contribution is 6.06. The van der Waals surface area contributed by atoms with Crippen molar-refractivity contribution >= 4 is 23.2 Å². The molecule has 0 saturated carbocycles. The van der Waals surface area contributed by atoms with Gasteiger partial charge in [-0.15, -0.1) is 0 Å². The topological polar surface area (TPSA) is 100 Å². The van der Waals surface area contributed by atoms with Crippen molar-refractivity contribution in [2.45, 2.75) is 26.9 Å². The summed E-state index contributed by atoms with van der Waals surface area (Å²) in [6.07, 6.45) is 0.00629. The van der Waals surface area contributed by atoms with Gasteiger partial charge in [0.1, 0.15) is 18.1 Å². The fourth-order valence-electron chi connectivity index (χ4n) is 2.90. The predicted molar refractivity (Wildman–Crippen MR) is 124 cm³/mol. The molecule has 2 amide bonds. The Morgan fingerprint density at radius 1 is 0.969 bits per heavy atom. The zero-order chi connectivity index (χ0) is 22.9. The second-order valence-corrected chi connectivity index (χ2v) is 7.28. The van der Waals surface area contributed by atoms with Crippen molar-refractivity contribution in [3.05, 3.63) is 89.5 Å². The number of hydrogen-bond acceptors (Lipinski definition) is 5. The first-order chi connectivity index (χ1) is 15.4. The molecule has 0 bridgehead atoms. The van der Waals surface area contributed by atoms with Crippen LogP contribution in [0.3, 0.4) is 0 Å². The van der Waals surface area contributed by atoms with Crippen LogP contribution in [0.5, 0.6) is 11.5 Å². The molecule has 0 aliphatic carbocycles. The Bertz CT molecular complexity index is 1110. The number of carbonyl (C=O) groups is 2. The molecule has 3 N–H and O–H groups in total. The minimum atomic E-state index is -0.544. The molecule has 32 heavy (non-hydrogen) atoms. The Kier molecular flexibility index (Phi) is 7.59. The number of anilines is 1. The molecule has 0 aromatic heterocycles. The number of aromatic hydroxyl groups is 1. The molecule has 0 radical (unpaired) electrons. The van der Waals surface area contributed by atoms with E-state index in [0.717, 1.165) is 5.56 Å². The summed E-state index contributed by atoms with van der Waals surface area (Å²) in [6, 6.07) is 21.8. The molecule has 0 heterocycles. The van der Waals surface area contributed by atoms with Crippen LogP contribution in [0.15, 0.2) is 77.9 Å². The molecule has 164 valence electrons. The van der Waals surface area contributed by atoms with Gasteiger partial charge in [-0.3, -0.25) is 9.59 Å². The summed E-state index contributed by atoms with van der Waals surface area (Å²) < 4.78 is 5.73. The third kappa shape index (κ3) is 6.43. The number of ether oxygens (including phenoxy) is 1. The highest BCUT2D eigenvalue weighted by Gasteiger charge is 2.12. The summed E-state index contributed by atoms with van der Waals surface area (Å²) in [4.78, 5) is 24.4. The van der Waals surface area contributed by atoms with Gasteiger partial charge in [0.15, 0.2) is 0 Å². The van der Waals surface area contributed by atoms with E-state index in [-0.39, 0.29) is 23.6 Å². The Hall–Kier alpha value is -4.13. The van der Waals surface area contributed by atoms with E-state index in [9.17, 15) is 14.7 Å². The molecule has 0 saturated heterocycles. The SMILES string of the molecule is C/C(CC(=O)Nc1ccc(OCc2ccccc2)cc1)=N/NC(=O)c1cccc(C)c1O. The lowest BCUT2D eigenvalue weighted by atomic mass is 10.1. The van der Waals surface area contributed by atoms with Crippen molar-refractivity contribution in [3.8, 4) is 11.5 Å². The molecule has 0 aliphatic heterocycles. The number of hydrazone groups is 1. The van der Waals surface area contributed by atoms with Crippen molar-refractivity contribution in [3.63, 3.8) is 0 Å². The van der Waals surface area contributed by atoms with Crippen molar-refractivity contribution in [1.82, 2.24) is 5.43 Å². The third-order valence-corrected chi connectivity index (χ3v) is 4.63. The van der Waals surface area contributed by atoms with Gasteiger partial charge in [0, 0.05) is 11.4 Å². The smallest absolute Gasteiger partial charge is 0.275 e. The highest BCUT2D eigenvalue weighted by atomic mass is 16.5. The first-order valence-electron chi connectivity index (χ1n) is 10.1. The summed E-state index contributed by atoms with van der Waals surface area (Å²) in [5.41, 5.74) is 5.20. The number of amides is 2. The molecular weight excluding hydrogens is 406 g/mol. The van der Waals surface area contributed by atoms with E-state index in [0.29, 0.717) is 29.3 Å². The zero-order valence-corrected chi connectivity index (χ0v) is 18.0. The van der Waals surface area contributed by atoms with E-state index in [4.69, 9.17) is 4.74 Å². The Labute approximate surface area is 186 Å². The number of rotatable bonds is 8. The largest absolute Gasteiger partial charge is 0.507 e. The van der Waals surface area contributed by atoms with Crippen LogP contribution in [-0.2, 0) is 11.4 Å². The van der Waals surface area contributed by atoms with Crippen LogP contribution in [0.4, 0.5) is 5.69 Å². The maximum absolute atomic E-state index is 12.3. The van der Waals surface area contributed by atoms with Crippen LogP contribution in [0.25, 0.3) is 0 Å². The van der Waals surface area contributed by atoms with Gasteiger partial charge in [0.05, 0.1) is 12.0 Å². The van der Waals surface area contributed by atoms with E-state index >= 15 is 0 Å². The normalized spacial score (nSPS) is 11.0. The molecule has 7 nitrogen and oxygen atoms in total. The van der Waals surface area contributed by atoms with E-state index < -0.39 is 5.91 Å². The summed E-state index contributed by atoms with van der Waals surface area (Å²) in [5, 5.41) is 16.7. The average Bonchev–Trinajstić information content (AvgIpc) is 2.79. The molecule has 0 aliphatic rings. The quantitative estimate of drug-likeness (QED) is 0.363. The molecule has 3 rings (SSSR count). The molecule has 0 fully saturated rings. The van der Waals surface area contributed by atoms with Gasteiger partial charge < -0.3 is 15.2 Å². The van der Waals surface area contributed by atoms with E-state index in [1.54, 1.807) is 50.2 Å². The summed E-state index contributed by atoms with van der Waals surface area (Å²) in [6.45, 7) is 3.80. The first-order valence-corrected chi connectivity index (χ1v) is 10.1. The number of para-hydroxylation sites is 1. The highest BCUT2D eigenvalue weighted by Crippen LogP contribution is 2.21. The number of nitrogens with zero attached hydrogens (tertiary/aromatic N) is 1. The van der Waals surface area contributed by atoms with Crippen LogP contribution in [0.1, 0.15) is 34.8 Å². The fraction of sp³-hybridized carbons (Fsp3) is 0.160. The predicted octanol–water partition coefficient (Wildman–Crippen LogP) is 4.41.